The van der Waals surface area contributed by atoms with Crippen LogP contribution in [0.25, 0.3) is 0 Å². The maximum Gasteiger partial charge on any atom is 0.261 e. The van der Waals surface area contributed by atoms with E-state index in [1.54, 1.807) is 4.90 Å². The van der Waals surface area contributed by atoms with Crippen LogP contribution in [-0.4, -0.2) is 31.8 Å². The Morgan fingerprint density at radius 3 is 2.75 bits per heavy atom. The first-order valence-electron chi connectivity index (χ1n) is 6.39. The fourth-order valence-corrected chi connectivity index (χ4v) is 3.27. The van der Waals surface area contributed by atoms with E-state index in [-0.39, 0.29) is 16.5 Å². The van der Waals surface area contributed by atoms with Gasteiger partial charge in [0.15, 0.2) is 0 Å². The van der Waals surface area contributed by atoms with Crippen LogP contribution < -0.4 is 0 Å². The van der Waals surface area contributed by atoms with Crippen LogP contribution in [-0.2, 0) is 9.05 Å². The Hall–Kier alpha value is -1.14. The van der Waals surface area contributed by atoms with Crippen LogP contribution in [0.1, 0.15) is 36.5 Å². The summed E-state index contributed by atoms with van der Waals surface area (Å²) in [5, 5.41) is 0. The molecule has 1 saturated heterocycles. The number of benzene rings is 1. The Balaban J connectivity index is 2.32. The second kappa shape index (κ2) is 5.69. The second-order valence-corrected chi connectivity index (χ2v) is 7.35. The molecular formula is C13H15ClFNO3S. The molecule has 2 rings (SSSR count). The number of amides is 1. The highest BCUT2D eigenvalue weighted by atomic mass is 35.7. The Morgan fingerprint density at radius 2 is 2.20 bits per heavy atom. The van der Waals surface area contributed by atoms with Crippen LogP contribution in [0.15, 0.2) is 23.1 Å². The number of rotatable bonds is 3. The first kappa shape index (κ1) is 15.3. The summed E-state index contributed by atoms with van der Waals surface area (Å²) in [5.41, 5.74) is -0.116. The molecule has 1 aliphatic heterocycles. The van der Waals surface area contributed by atoms with E-state index in [0.717, 1.165) is 31.4 Å². The fraction of sp³-hybridized carbons (Fsp3) is 0.462. The highest BCUT2D eigenvalue weighted by molar-refractivity contribution is 8.13. The molecule has 0 aromatic heterocycles. The lowest BCUT2D eigenvalue weighted by atomic mass is 10.1. The number of likely N-dealkylation sites (tertiary alicyclic amines) is 1. The predicted octanol–water partition coefficient (Wildman–Crippen LogP) is 2.77. The van der Waals surface area contributed by atoms with Crippen LogP contribution in [0.3, 0.4) is 0 Å². The van der Waals surface area contributed by atoms with Gasteiger partial charge in [-0.25, -0.2) is 12.8 Å². The van der Waals surface area contributed by atoms with Gasteiger partial charge in [0.05, 0.1) is 10.5 Å². The van der Waals surface area contributed by atoms with E-state index in [1.165, 1.54) is 6.07 Å². The van der Waals surface area contributed by atoms with E-state index in [0.29, 0.717) is 6.54 Å². The molecule has 0 spiro atoms. The van der Waals surface area contributed by atoms with Crippen molar-refractivity contribution in [1.29, 1.82) is 0 Å². The maximum atomic E-state index is 13.9. The minimum absolute atomic E-state index is 0.116. The molecule has 20 heavy (non-hydrogen) atoms. The third-order valence-electron chi connectivity index (χ3n) is 3.56. The maximum absolute atomic E-state index is 13.9. The summed E-state index contributed by atoms with van der Waals surface area (Å²) in [7, 11) is 1.15. The standard InChI is InChI=1S/C13H15ClFNO3S/c1-2-9-4-3-7-16(9)13(17)11-6-5-10(8-12(11)15)20(14,18)19/h5-6,8-9H,2-4,7H2,1H3. The van der Waals surface area contributed by atoms with Gasteiger partial charge in [-0.1, -0.05) is 6.92 Å². The number of carbonyl (C=O) groups excluding carboxylic acids is 1. The molecule has 1 unspecified atom stereocenters. The van der Waals surface area contributed by atoms with E-state index >= 15 is 0 Å². The smallest absolute Gasteiger partial charge is 0.261 e. The highest BCUT2D eigenvalue weighted by Gasteiger charge is 2.29. The van der Waals surface area contributed by atoms with Crippen LogP contribution in [0.2, 0.25) is 0 Å². The third kappa shape index (κ3) is 2.96. The predicted molar refractivity (Wildman–Crippen MR) is 73.8 cm³/mol. The molecule has 4 nitrogen and oxygen atoms in total. The summed E-state index contributed by atoms with van der Waals surface area (Å²) < 4.78 is 36.2. The van der Waals surface area contributed by atoms with Crippen molar-refractivity contribution in [2.45, 2.75) is 37.1 Å². The van der Waals surface area contributed by atoms with Crippen molar-refractivity contribution in [2.24, 2.45) is 0 Å². The number of carbonyl (C=O) groups is 1. The normalized spacial score (nSPS) is 19.4. The van der Waals surface area contributed by atoms with E-state index in [9.17, 15) is 17.6 Å². The SMILES string of the molecule is CCC1CCCN1C(=O)c1ccc(S(=O)(=O)Cl)cc1F. The third-order valence-corrected chi connectivity index (χ3v) is 4.91. The van der Waals surface area contributed by atoms with E-state index < -0.39 is 20.8 Å². The quantitative estimate of drug-likeness (QED) is 0.805. The van der Waals surface area contributed by atoms with E-state index in [1.807, 2.05) is 6.92 Å². The van der Waals surface area contributed by atoms with Gasteiger partial charge >= 0.3 is 0 Å². The summed E-state index contributed by atoms with van der Waals surface area (Å²) in [5.74, 6) is -1.26. The van der Waals surface area contributed by atoms with E-state index in [4.69, 9.17) is 10.7 Å². The molecule has 1 amide bonds. The monoisotopic (exact) mass is 319 g/mol. The van der Waals surface area contributed by atoms with Crippen LogP contribution in [0, 0.1) is 5.82 Å². The van der Waals surface area contributed by atoms with Crippen LogP contribution in [0.4, 0.5) is 4.39 Å². The molecule has 0 N–H and O–H groups in total. The fourth-order valence-electron chi connectivity index (χ4n) is 2.50. The topological polar surface area (TPSA) is 54.5 Å². The molecule has 7 heteroatoms. The zero-order valence-corrected chi connectivity index (χ0v) is 12.5. The lowest BCUT2D eigenvalue weighted by Crippen LogP contribution is -2.35. The molecule has 0 saturated carbocycles. The van der Waals surface area contributed by atoms with E-state index in [2.05, 4.69) is 0 Å². The molecule has 1 atom stereocenters. The average Bonchev–Trinajstić information content (AvgIpc) is 2.85. The van der Waals surface area contributed by atoms with Crippen molar-refractivity contribution in [3.63, 3.8) is 0 Å². The molecule has 1 aromatic carbocycles. The summed E-state index contributed by atoms with van der Waals surface area (Å²) >= 11 is 0. The van der Waals surface area contributed by atoms with Crippen molar-refractivity contribution in [2.75, 3.05) is 6.54 Å². The van der Waals surface area contributed by atoms with Crippen molar-refractivity contribution in [3.8, 4) is 0 Å². The molecular weight excluding hydrogens is 305 g/mol. The Bertz CT molecular complexity index is 633. The lowest BCUT2D eigenvalue weighted by Gasteiger charge is -2.23. The van der Waals surface area contributed by atoms with Gasteiger partial charge in [-0.05, 0) is 37.5 Å². The molecule has 0 radical (unpaired) electrons. The van der Waals surface area contributed by atoms with Gasteiger partial charge in [0, 0.05) is 23.3 Å². The Labute approximate surface area is 121 Å². The number of nitrogens with zero attached hydrogens (tertiary/aromatic N) is 1. The summed E-state index contributed by atoms with van der Waals surface area (Å²) in [6.07, 6.45) is 2.64. The van der Waals surface area contributed by atoms with Gasteiger partial charge in [0.25, 0.3) is 15.0 Å². The van der Waals surface area contributed by atoms with Crippen LogP contribution in [0.5, 0.6) is 0 Å². The summed E-state index contributed by atoms with van der Waals surface area (Å²) in [4.78, 5) is 13.6. The molecule has 1 heterocycles. The average molecular weight is 320 g/mol. The second-order valence-electron chi connectivity index (χ2n) is 4.78. The van der Waals surface area contributed by atoms with Crippen molar-refractivity contribution in [1.82, 2.24) is 4.90 Å². The Morgan fingerprint density at radius 1 is 1.50 bits per heavy atom. The summed E-state index contributed by atoms with van der Waals surface area (Å²) in [6.45, 7) is 2.59. The molecule has 1 aromatic rings. The molecule has 1 fully saturated rings. The van der Waals surface area contributed by atoms with Gasteiger partial charge in [-0.15, -0.1) is 0 Å². The minimum Gasteiger partial charge on any atom is -0.336 e. The molecule has 1 aliphatic rings. The first-order chi connectivity index (χ1) is 9.34. The minimum atomic E-state index is -3.99. The molecule has 110 valence electrons. The van der Waals surface area contributed by atoms with Gasteiger partial charge in [-0.2, -0.15) is 0 Å². The van der Waals surface area contributed by atoms with Crippen molar-refractivity contribution in [3.05, 3.63) is 29.6 Å². The first-order valence-corrected chi connectivity index (χ1v) is 8.70. The number of hydrogen-bond acceptors (Lipinski definition) is 3. The lowest BCUT2D eigenvalue weighted by molar-refractivity contribution is 0.0729. The van der Waals surface area contributed by atoms with Gasteiger partial charge in [-0.3, -0.25) is 4.79 Å². The van der Waals surface area contributed by atoms with Crippen molar-refractivity contribution >= 4 is 25.6 Å². The van der Waals surface area contributed by atoms with Crippen LogP contribution >= 0.6 is 10.7 Å². The van der Waals surface area contributed by atoms with Gasteiger partial charge in [0.1, 0.15) is 5.82 Å². The largest absolute Gasteiger partial charge is 0.336 e. The number of halogens is 2. The van der Waals surface area contributed by atoms with Gasteiger partial charge in [0.2, 0.25) is 0 Å². The number of hydrogen-bond donors (Lipinski definition) is 0. The molecule has 0 aliphatic carbocycles. The zero-order valence-electron chi connectivity index (χ0n) is 11.0. The zero-order chi connectivity index (χ0) is 14.9. The Kier molecular flexibility index (Phi) is 4.34. The highest BCUT2D eigenvalue weighted by Crippen LogP contribution is 2.25. The van der Waals surface area contributed by atoms with Crippen molar-refractivity contribution < 1.29 is 17.6 Å². The van der Waals surface area contributed by atoms with Gasteiger partial charge < -0.3 is 4.90 Å². The molecule has 0 bridgehead atoms. The summed E-state index contributed by atoms with van der Waals surface area (Å²) in [6, 6.07) is 3.23.